The van der Waals surface area contributed by atoms with Crippen LogP contribution in [0, 0.1) is 12.8 Å². The van der Waals surface area contributed by atoms with E-state index in [0.29, 0.717) is 18.3 Å². The number of rotatable bonds is 7. The molecule has 1 saturated heterocycles. The van der Waals surface area contributed by atoms with Gasteiger partial charge in [0.05, 0.1) is 12.6 Å². The number of piperidine rings is 1. The molecule has 1 aliphatic rings. The average molecular weight is 435 g/mol. The largest absolute Gasteiger partial charge is 0.491 e. The lowest BCUT2D eigenvalue weighted by atomic mass is 9.96. The fourth-order valence-electron chi connectivity index (χ4n) is 3.93. The van der Waals surface area contributed by atoms with Crippen LogP contribution in [-0.4, -0.2) is 40.1 Å². The van der Waals surface area contributed by atoms with E-state index in [2.05, 4.69) is 20.4 Å². The molecular weight excluding hydrogens is 404 g/mol. The van der Waals surface area contributed by atoms with E-state index in [4.69, 9.17) is 9.26 Å². The number of hydrogen-bond donors (Lipinski definition) is 1. The molecule has 0 saturated carbocycles. The number of nitrogens with one attached hydrogen (secondary N) is 1. The highest BCUT2D eigenvalue weighted by atomic mass is 16.5. The summed E-state index contributed by atoms with van der Waals surface area (Å²) < 4.78 is 11.1. The molecule has 7 nitrogen and oxygen atoms in total. The number of aryl methyl sites for hydroxylation is 1. The summed E-state index contributed by atoms with van der Waals surface area (Å²) in [4.78, 5) is 19.5. The third-order valence-corrected chi connectivity index (χ3v) is 5.66. The fraction of sp³-hybridized carbons (Fsp3) is 0.400. The molecule has 1 N–H and O–H groups in total. The summed E-state index contributed by atoms with van der Waals surface area (Å²) in [6.07, 6.45) is 1.74. The highest BCUT2D eigenvalue weighted by molar-refractivity contribution is 5.92. The molecule has 4 rings (SSSR count). The second-order valence-electron chi connectivity index (χ2n) is 8.56. The van der Waals surface area contributed by atoms with Crippen LogP contribution in [0.5, 0.6) is 5.75 Å². The SMILES string of the molecule is Cc1ccccc1-c1noc(CN2CCC(C(=O)Nc3ccc(OC(C)C)cc3)CC2)n1. The minimum Gasteiger partial charge on any atom is -0.491 e. The van der Waals surface area contributed by atoms with Gasteiger partial charge in [-0.25, -0.2) is 0 Å². The Morgan fingerprint density at radius 2 is 1.88 bits per heavy atom. The quantitative estimate of drug-likeness (QED) is 0.581. The number of amides is 1. The molecule has 2 heterocycles. The molecule has 0 atom stereocenters. The average Bonchev–Trinajstić information content (AvgIpc) is 3.24. The van der Waals surface area contributed by atoms with Gasteiger partial charge in [0, 0.05) is 17.2 Å². The predicted octanol–water partition coefficient (Wildman–Crippen LogP) is 4.68. The van der Waals surface area contributed by atoms with Crippen molar-refractivity contribution in [3.8, 4) is 17.1 Å². The standard InChI is InChI=1S/C25H30N4O3/c1-17(2)31-21-10-8-20(9-11-21)26-25(30)19-12-14-29(15-13-19)16-23-27-24(28-32-23)22-7-5-4-6-18(22)3/h4-11,17,19H,12-16H2,1-3H3,(H,26,30). The predicted molar refractivity (Wildman–Crippen MR) is 123 cm³/mol. The van der Waals surface area contributed by atoms with Crippen molar-refractivity contribution in [2.75, 3.05) is 18.4 Å². The van der Waals surface area contributed by atoms with Gasteiger partial charge in [-0.1, -0.05) is 29.4 Å². The lowest BCUT2D eigenvalue weighted by Gasteiger charge is -2.30. The highest BCUT2D eigenvalue weighted by Gasteiger charge is 2.26. The number of ether oxygens (including phenoxy) is 1. The number of aromatic nitrogens is 2. The Morgan fingerprint density at radius 1 is 1.16 bits per heavy atom. The second kappa shape index (κ2) is 9.96. The summed E-state index contributed by atoms with van der Waals surface area (Å²) in [5, 5.41) is 7.17. The summed E-state index contributed by atoms with van der Waals surface area (Å²) in [7, 11) is 0. The molecule has 3 aromatic rings. The van der Waals surface area contributed by atoms with E-state index in [1.165, 1.54) is 0 Å². The van der Waals surface area contributed by atoms with Crippen molar-refractivity contribution >= 4 is 11.6 Å². The van der Waals surface area contributed by atoms with E-state index >= 15 is 0 Å². The van der Waals surface area contributed by atoms with E-state index in [0.717, 1.165) is 48.5 Å². The number of nitrogens with zero attached hydrogens (tertiary/aromatic N) is 3. The Bertz CT molecular complexity index is 1040. The minimum atomic E-state index is 0.00283. The van der Waals surface area contributed by atoms with Gasteiger partial charge in [-0.3, -0.25) is 9.69 Å². The number of likely N-dealkylation sites (tertiary alicyclic amines) is 1. The van der Waals surface area contributed by atoms with Gasteiger partial charge in [0.2, 0.25) is 17.6 Å². The van der Waals surface area contributed by atoms with Crippen LogP contribution in [-0.2, 0) is 11.3 Å². The van der Waals surface area contributed by atoms with Crippen LogP contribution in [0.1, 0.15) is 38.1 Å². The van der Waals surface area contributed by atoms with Crippen molar-refractivity contribution in [3.05, 3.63) is 60.0 Å². The van der Waals surface area contributed by atoms with E-state index in [-0.39, 0.29) is 17.9 Å². The van der Waals surface area contributed by atoms with Crippen molar-refractivity contribution in [1.29, 1.82) is 0 Å². The molecule has 1 aliphatic heterocycles. The van der Waals surface area contributed by atoms with Gasteiger partial charge < -0.3 is 14.6 Å². The van der Waals surface area contributed by atoms with Crippen molar-refractivity contribution in [2.24, 2.45) is 5.92 Å². The fourth-order valence-corrected chi connectivity index (χ4v) is 3.93. The first kappa shape index (κ1) is 22.0. The summed E-state index contributed by atoms with van der Waals surface area (Å²) in [6.45, 7) is 8.26. The molecule has 7 heteroatoms. The zero-order valence-electron chi connectivity index (χ0n) is 18.9. The lowest BCUT2D eigenvalue weighted by Crippen LogP contribution is -2.37. The maximum atomic E-state index is 12.7. The third kappa shape index (κ3) is 5.53. The first-order chi connectivity index (χ1) is 15.5. The lowest BCUT2D eigenvalue weighted by molar-refractivity contribution is -0.121. The molecule has 1 amide bonds. The highest BCUT2D eigenvalue weighted by Crippen LogP contribution is 2.24. The molecule has 0 radical (unpaired) electrons. The van der Waals surface area contributed by atoms with Gasteiger partial charge in [0.25, 0.3) is 0 Å². The van der Waals surface area contributed by atoms with Crippen LogP contribution in [0.4, 0.5) is 5.69 Å². The van der Waals surface area contributed by atoms with E-state index in [1.807, 2.05) is 69.3 Å². The third-order valence-electron chi connectivity index (χ3n) is 5.66. The minimum absolute atomic E-state index is 0.00283. The maximum Gasteiger partial charge on any atom is 0.241 e. The number of carbonyl (C=O) groups excluding carboxylic acids is 1. The summed E-state index contributed by atoms with van der Waals surface area (Å²) >= 11 is 0. The smallest absolute Gasteiger partial charge is 0.241 e. The van der Waals surface area contributed by atoms with Crippen molar-refractivity contribution < 1.29 is 14.1 Å². The normalized spacial score (nSPS) is 15.1. The van der Waals surface area contributed by atoms with Crippen LogP contribution in [0.15, 0.2) is 53.1 Å². The Hall–Kier alpha value is -3.19. The number of hydrogen-bond acceptors (Lipinski definition) is 6. The number of benzene rings is 2. The zero-order chi connectivity index (χ0) is 22.5. The summed E-state index contributed by atoms with van der Waals surface area (Å²) in [5.74, 6) is 2.11. The van der Waals surface area contributed by atoms with Gasteiger partial charge in [0.15, 0.2) is 0 Å². The molecule has 1 fully saturated rings. The van der Waals surface area contributed by atoms with Gasteiger partial charge in [-0.15, -0.1) is 0 Å². The molecule has 0 unspecified atom stereocenters. The molecule has 0 bridgehead atoms. The molecular formula is C25H30N4O3. The van der Waals surface area contributed by atoms with E-state index in [9.17, 15) is 4.79 Å². The maximum absolute atomic E-state index is 12.7. The van der Waals surface area contributed by atoms with Crippen molar-refractivity contribution in [3.63, 3.8) is 0 Å². The zero-order valence-corrected chi connectivity index (χ0v) is 18.9. The number of carbonyl (C=O) groups is 1. The van der Waals surface area contributed by atoms with E-state index < -0.39 is 0 Å². The van der Waals surface area contributed by atoms with Crippen LogP contribution < -0.4 is 10.1 Å². The van der Waals surface area contributed by atoms with Gasteiger partial charge in [-0.05, 0) is 76.5 Å². The second-order valence-corrected chi connectivity index (χ2v) is 8.56. The molecule has 0 spiro atoms. The molecule has 1 aromatic heterocycles. The Labute approximate surface area is 188 Å². The summed E-state index contributed by atoms with van der Waals surface area (Å²) in [5.41, 5.74) is 2.90. The van der Waals surface area contributed by atoms with Crippen LogP contribution in [0.3, 0.4) is 0 Å². The van der Waals surface area contributed by atoms with Gasteiger partial charge >= 0.3 is 0 Å². The summed E-state index contributed by atoms with van der Waals surface area (Å²) in [6, 6.07) is 15.5. The monoisotopic (exact) mass is 434 g/mol. The molecule has 0 aliphatic carbocycles. The van der Waals surface area contributed by atoms with Crippen LogP contribution in [0.25, 0.3) is 11.4 Å². The van der Waals surface area contributed by atoms with Crippen LogP contribution >= 0.6 is 0 Å². The van der Waals surface area contributed by atoms with Gasteiger partial charge in [-0.2, -0.15) is 4.98 Å². The van der Waals surface area contributed by atoms with E-state index in [1.54, 1.807) is 0 Å². The number of anilines is 1. The van der Waals surface area contributed by atoms with Gasteiger partial charge in [0.1, 0.15) is 5.75 Å². The first-order valence-corrected chi connectivity index (χ1v) is 11.2. The Kier molecular flexibility index (Phi) is 6.85. The van der Waals surface area contributed by atoms with Crippen molar-refractivity contribution in [2.45, 2.75) is 46.3 Å². The van der Waals surface area contributed by atoms with Crippen LogP contribution in [0.2, 0.25) is 0 Å². The molecule has 2 aromatic carbocycles. The molecule has 168 valence electrons. The first-order valence-electron chi connectivity index (χ1n) is 11.2. The Balaban J connectivity index is 1.26. The molecule has 32 heavy (non-hydrogen) atoms. The Morgan fingerprint density at radius 3 is 2.56 bits per heavy atom. The van der Waals surface area contributed by atoms with Crippen molar-refractivity contribution in [1.82, 2.24) is 15.0 Å². The topological polar surface area (TPSA) is 80.5 Å².